The summed E-state index contributed by atoms with van der Waals surface area (Å²) >= 11 is 0. The van der Waals surface area contributed by atoms with E-state index in [2.05, 4.69) is 20.4 Å². The number of alkyl halides is 6. The third kappa shape index (κ3) is 4.99. The van der Waals surface area contributed by atoms with E-state index in [1.807, 2.05) is 0 Å². The summed E-state index contributed by atoms with van der Waals surface area (Å²) in [5, 5.41) is 17.2. The summed E-state index contributed by atoms with van der Waals surface area (Å²) in [5.41, 5.74) is -2.32. The first-order valence-corrected chi connectivity index (χ1v) is 8.66. The maximum Gasteiger partial charge on any atom is 0.433 e. The molecule has 3 aromatic rings. The number of hydrogen-bond donors (Lipinski definition) is 2. The highest BCUT2D eigenvalue weighted by molar-refractivity contribution is 5.48. The number of rotatable bonds is 5. The fraction of sp³-hybridized carbons (Fsp3) is 0.389. The van der Waals surface area contributed by atoms with Gasteiger partial charge < -0.3 is 10.4 Å². The normalized spacial score (nSPS) is 14.2. The van der Waals surface area contributed by atoms with Crippen molar-refractivity contribution >= 4 is 11.6 Å². The molecule has 0 fully saturated rings. The number of nitrogens with zero attached hydrogens (tertiary/aromatic N) is 4. The molecule has 0 spiro atoms. The lowest BCUT2D eigenvalue weighted by Crippen LogP contribution is -2.35. The number of hydrogen-bond acceptors (Lipinski definition) is 5. The first-order chi connectivity index (χ1) is 13.7. The van der Waals surface area contributed by atoms with Gasteiger partial charge in [-0.15, -0.1) is 0 Å². The van der Waals surface area contributed by atoms with Crippen LogP contribution in [-0.2, 0) is 12.6 Å². The zero-order chi connectivity index (χ0) is 22.3. The summed E-state index contributed by atoms with van der Waals surface area (Å²) in [5.74, 6) is -0.446. The third-order valence-electron chi connectivity index (χ3n) is 4.26. The van der Waals surface area contributed by atoms with E-state index >= 15 is 0 Å². The Hall–Kier alpha value is -2.89. The summed E-state index contributed by atoms with van der Waals surface area (Å²) in [6.07, 6.45) is -9.21. The predicted molar refractivity (Wildman–Crippen MR) is 94.6 cm³/mol. The molecule has 0 radical (unpaired) electrons. The van der Waals surface area contributed by atoms with Crippen LogP contribution in [0.15, 0.2) is 36.7 Å². The number of aromatic nitrogens is 4. The number of benzene rings is 1. The SMILES string of the molecule is CC(C)(O)[C@H](Nc1cc(C(F)(F)F)nc2ncnn12)c1ccc(CC(F)(F)F)cc1. The van der Waals surface area contributed by atoms with Crippen LogP contribution in [0.2, 0.25) is 0 Å². The van der Waals surface area contributed by atoms with Crippen LogP contribution in [0.1, 0.15) is 36.7 Å². The molecular formula is C18H17F6N5O. The van der Waals surface area contributed by atoms with E-state index < -0.39 is 36.1 Å². The van der Waals surface area contributed by atoms with Gasteiger partial charge in [-0.1, -0.05) is 24.3 Å². The largest absolute Gasteiger partial charge is 0.433 e. The Balaban J connectivity index is 2.00. The van der Waals surface area contributed by atoms with E-state index in [4.69, 9.17) is 0 Å². The molecule has 0 saturated heterocycles. The average Bonchev–Trinajstić information content (AvgIpc) is 3.06. The minimum absolute atomic E-state index is 0.0164. The molecule has 2 N–H and O–H groups in total. The predicted octanol–water partition coefficient (Wildman–Crippen LogP) is 4.17. The highest BCUT2D eigenvalue weighted by atomic mass is 19.4. The van der Waals surface area contributed by atoms with E-state index in [1.54, 1.807) is 0 Å². The van der Waals surface area contributed by atoms with Crippen molar-refractivity contribution in [2.45, 2.75) is 44.3 Å². The molecular weight excluding hydrogens is 416 g/mol. The van der Waals surface area contributed by atoms with Gasteiger partial charge in [-0.25, -0.2) is 4.98 Å². The van der Waals surface area contributed by atoms with Crippen molar-refractivity contribution in [2.75, 3.05) is 5.32 Å². The molecule has 1 atom stereocenters. The highest BCUT2D eigenvalue weighted by Crippen LogP contribution is 2.34. The van der Waals surface area contributed by atoms with Crippen LogP contribution >= 0.6 is 0 Å². The standard InChI is InChI=1S/C18H17F6N5O/c1-16(2,30)14(11-5-3-10(4-6-11)8-17(19,20)21)28-13-7-12(18(22,23)24)27-15-25-9-26-29(13)15/h3-7,9,14,28,30H,8H2,1-2H3/t14-/m1/s1. The van der Waals surface area contributed by atoms with Gasteiger partial charge in [-0.05, 0) is 25.0 Å². The van der Waals surface area contributed by atoms with Crippen LogP contribution in [0.3, 0.4) is 0 Å². The van der Waals surface area contributed by atoms with E-state index in [1.165, 1.54) is 38.1 Å². The molecule has 2 heterocycles. The van der Waals surface area contributed by atoms with Crippen molar-refractivity contribution in [3.8, 4) is 0 Å². The second-order valence-corrected chi connectivity index (χ2v) is 7.26. The monoisotopic (exact) mass is 433 g/mol. The minimum atomic E-state index is -4.74. The van der Waals surface area contributed by atoms with Gasteiger partial charge in [0.1, 0.15) is 12.1 Å². The molecule has 30 heavy (non-hydrogen) atoms. The Morgan fingerprint density at radius 2 is 1.70 bits per heavy atom. The molecule has 3 rings (SSSR count). The fourth-order valence-corrected chi connectivity index (χ4v) is 2.94. The molecule has 162 valence electrons. The summed E-state index contributed by atoms with van der Waals surface area (Å²) < 4.78 is 78.3. The first-order valence-electron chi connectivity index (χ1n) is 8.66. The van der Waals surface area contributed by atoms with E-state index in [-0.39, 0.29) is 17.2 Å². The highest BCUT2D eigenvalue weighted by Gasteiger charge is 2.35. The Kier molecular flexibility index (Phi) is 5.39. The Morgan fingerprint density at radius 1 is 1.07 bits per heavy atom. The van der Waals surface area contributed by atoms with E-state index in [0.29, 0.717) is 5.56 Å². The second-order valence-electron chi connectivity index (χ2n) is 7.26. The molecule has 1 aromatic carbocycles. The van der Waals surface area contributed by atoms with Gasteiger partial charge in [0, 0.05) is 6.07 Å². The zero-order valence-corrected chi connectivity index (χ0v) is 15.8. The molecule has 6 nitrogen and oxygen atoms in total. The molecule has 0 aliphatic rings. The fourth-order valence-electron chi connectivity index (χ4n) is 2.94. The number of nitrogens with one attached hydrogen (secondary N) is 1. The topological polar surface area (TPSA) is 75.3 Å². The van der Waals surface area contributed by atoms with Crippen molar-refractivity contribution in [3.05, 3.63) is 53.5 Å². The lowest BCUT2D eigenvalue weighted by molar-refractivity contribution is -0.141. The summed E-state index contributed by atoms with van der Waals surface area (Å²) in [4.78, 5) is 7.08. The van der Waals surface area contributed by atoms with Crippen LogP contribution in [-0.4, -0.2) is 36.5 Å². The van der Waals surface area contributed by atoms with Crippen LogP contribution in [0.5, 0.6) is 0 Å². The maximum absolute atomic E-state index is 13.2. The van der Waals surface area contributed by atoms with Crippen molar-refractivity contribution < 1.29 is 31.4 Å². The zero-order valence-electron chi connectivity index (χ0n) is 15.8. The molecule has 2 aromatic heterocycles. The van der Waals surface area contributed by atoms with Gasteiger partial charge in [-0.2, -0.15) is 40.9 Å². The number of anilines is 1. The Bertz CT molecular complexity index is 1020. The minimum Gasteiger partial charge on any atom is -0.388 e. The van der Waals surface area contributed by atoms with Gasteiger partial charge in [0.15, 0.2) is 5.69 Å². The molecule has 0 bridgehead atoms. The van der Waals surface area contributed by atoms with Crippen LogP contribution in [0.25, 0.3) is 5.78 Å². The maximum atomic E-state index is 13.2. The molecule has 0 aliphatic carbocycles. The first kappa shape index (κ1) is 21.8. The number of aliphatic hydroxyl groups is 1. The Labute approximate surface area is 166 Å². The summed E-state index contributed by atoms with van der Waals surface area (Å²) in [7, 11) is 0. The lowest BCUT2D eigenvalue weighted by Gasteiger charge is -2.31. The van der Waals surface area contributed by atoms with Crippen molar-refractivity contribution in [3.63, 3.8) is 0 Å². The van der Waals surface area contributed by atoms with Gasteiger partial charge >= 0.3 is 12.4 Å². The number of fused-ring (bicyclic) bond motifs is 1. The van der Waals surface area contributed by atoms with Gasteiger partial charge in [0.25, 0.3) is 5.78 Å². The van der Waals surface area contributed by atoms with Crippen LogP contribution in [0, 0.1) is 0 Å². The molecule has 12 heteroatoms. The second kappa shape index (κ2) is 7.42. The summed E-state index contributed by atoms with van der Waals surface area (Å²) in [6.45, 7) is 2.83. The Morgan fingerprint density at radius 3 is 2.23 bits per heavy atom. The van der Waals surface area contributed by atoms with Crippen molar-refractivity contribution in [2.24, 2.45) is 0 Å². The molecule has 0 aliphatic heterocycles. The smallest absolute Gasteiger partial charge is 0.388 e. The van der Waals surface area contributed by atoms with Crippen LogP contribution in [0.4, 0.5) is 32.2 Å². The molecule has 0 unspecified atom stereocenters. The summed E-state index contributed by atoms with van der Waals surface area (Å²) in [6, 6.07) is 5.00. The quantitative estimate of drug-likeness (QED) is 0.591. The average molecular weight is 433 g/mol. The van der Waals surface area contributed by atoms with E-state index in [0.717, 1.165) is 16.9 Å². The third-order valence-corrected chi connectivity index (χ3v) is 4.26. The molecule has 0 amide bonds. The lowest BCUT2D eigenvalue weighted by atomic mass is 9.91. The van der Waals surface area contributed by atoms with Crippen molar-refractivity contribution in [1.29, 1.82) is 0 Å². The molecule has 0 saturated carbocycles. The number of halogens is 6. The van der Waals surface area contributed by atoms with E-state index in [9.17, 15) is 31.4 Å². The van der Waals surface area contributed by atoms with Gasteiger partial charge in [-0.3, -0.25) is 0 Å². The van der Waals surface area contributed by atoms with Gasteiger partial charge in [0.2, 0.25) is 0 Å². The van der Waals surface area contributed by atoms with Gasteiger partial charge in [0.05, 0.1) is 18.1 Å². The van der Waals surface area contributed by atoms with Crippen LogP contribution < -0.4 is 5.32 Å². The van der Waals surface area contributed by atoms with Crippen molar-refractivity contribution in [1.82, 2.24) is 19.6 Å².